The summed E-state index contributed by atoms with van der Waals surface area (Å²) in [5.41, 5.74) is 0. The molecule has 0 unspecified atom stereocenters. The Labute approximate surface area is 127 Å². The maximum Gasteiger partial charge on any atom is 0.527 e. The van der Waals surface area contributed by atoms with Crippen LogP contribution in [-0.4, -0.2) is 54.5 Å². The van der Waals surface area contributed by atoms with Crippen molar-refractivity contribution in [3.8, 4) is 0 Å². The van der Waals surface area contributed by atoms with E-state index in [1.807, 2.05) is 0 Å². The number of aliphatic hydroxyl groups excluding tert-OH is 1. The minimum atomic E-state index is -4.68. The summed E-state index contributed by atoms with van der Waals surface area (Å²) in [7, 11) is -4.68. The van der Waals surface area contributed by atoms with Gasteiger partial charge in [-0.25, -0.2) is 4.57 Å². The van der Waals surface area contributed by atoms with E-state index < -0.39 is 7.82 Å². The zero-order valence-corrected chi connectivity index (χ0v) is 13.9. The van der Waals surface area contributed by atoms with Crippen molar-refractivity contribution in [3.05, 3.63) is 9.34 Å². The Morgan fingerprint density at radius 1 is 1.00 bits per heavy atom. The van der Waals surface area contributed by atoms with E-state index in [0.29, 0.717) is 13.2 Å². The Kier molecular flexibility index (Phi) is 11.2. The zero-order valence-electron chi connectivity index (χ0n) is 9.83. The summed E-state index contributed by atoms with van der Waals surface area (Å²) in [6.07, 6.45) is 0. The number of halogens is 2. The standard InChI is InChI=1S/C8H15Br2O8P/c9-7(10)8(18-19(12,13)14)17-6-5-16-4-3-15-2-1-11/h11H,1-6H2,(H2,12,13,14). The summed E-state index contributed by atoms with van der Waals surface area (Å²) in [4.78, 5) is 17.2. The highest BCUT2D eigenvalue weighted by molar-refractivity contribution is 9.28. The van der Waals surface area contributed by atoms with E-state index in [-0.39, 0.29) is 35.8 Å². The van der Waals surface area contributed by atoms with Gasteiger partial charge in [-0.15, -0.1) is 0 Å². The van der Waals surface area contributed by atoms with Gasteiger partial charge in [0.25, 0.3) is 0 Å². The Morgan fingerprint density at radius 2 is 1.53 bits per heavy atom. The topological polar surface area (TPSA) is 115 Å². The van der Waals surface area contributed by atoms with Crippen molar-refractivity contribution in [3.63, 3.8) is 0 Å². The molecule has 114 valence electrons. The van der Waals surface area contributed by atoms with Crippen molar-refractivity contribution in [2.75, 3.05) is 39.6 Å². The zero-order chi connectivity index (χ0) is 14.7. The first-order chi connectivity index (χ1) is 8.87. The molecule has 3 N–H and O–H groups in total. The van der Waals surface area contributed by atoms with Gasteiger partial charge in [0, 0.05) is 0 Å². The molecule has 0 atom stereocenters. The van der Waals surface area contributed by atoms with Crippen LogP contribution < -0.4 is 0 Å². The Morgan fingerprint density at radius 3 is 2.00 bits per heavy atom. The monoisotopic (exact) mass is 428 g/mol. The summed E-state index contributed by atoms with van der Waals surface area (Å²) in [6.45, 7) is 1.08. The molecule has 0 fully saturated rings. The number of hydrogen-bond acceptors (Lipinski definition) is 6. The fourth-order valence-electron chi connectivity index (χ4n) is 0.803. The molecule has 0 amide bonds. The lowest BCUT2D eigenvalue weighted by Gasteiger charge is -2.12. The molecule has 0 spiro atoms. The molecule has 19 heavy (non-hydrogen) atoms. The Balaban J connectivity index is 3.73. The Bertz CT molecular complexity index is 314. The van der Waals surface area contributed by atoms with Crippen molar-refractivity contribution in [2.24, 2.45) is 0 Å². The highest BCUT2D eigenvalue weighted by Crippen LogP contribution is 2.41. The van der Waals surface area contributed by atoms with Crippen molar-refractivity contribution in [1.82, 2.24) is 0 Å². The van der Waals surface area contributed by atoms with E-state index in [2.05, 4.69) is 36.4 Å². The molecule has 11 heteroatoms. The third-order valence-electron chi connectivity index (χ3n) is 1.42. The van der Waals surface area contributed by atoms with Crippen molar-refractivity contribution < 1.29 is 38.2 Å². The molecule has 0 aliphatic rings. The van der Waals surface area contributed by atoms with E-state index in [4.69, 9.17) is 29.1 Å². The van der Waals surface area contributed by atoms with Gasteiger partial charge >= 0.3 is 13.8 Å². The SMILES string of the molecule is O=P(O)(O)OC(OCCOCCOCCO)=C(Br)Br. The van der Waals surface area contributed by atoms with Gasteiger partial charge in [0.1, 0.15) is 10.00 Å². The Hall–Kier alpha value is 0.330. The lowest BCUT2D eigenvalue weighted by molar-refractivity contribution is 0.00365. The summed E-state index contributed by atoms with van der Waals surface area (Å²) in [5.74, 6) is -0.367. The lowest BCUT2D eigenvalue weighted by Crippen LogP contribution is -2.11. The number of phosphoric acid groups is 1. The van der Waals surface area contributed by atoms with Crippen LogP contribution in [0.25, 0.3) is 0 Å². The molecule has 8 nitrogen and oxygen atoms in total. The number of hydrogen-bond donors (Lipinski definition) is 3. The van der Waals surface area contributed by atoms with Crippen LogP contribution in [0.3, 0.4) is 0 Å². The average molecular weight is 430 g/mol. The maximum absolute atomic E-state index is 10.6. The van der Waals surface area contributed by atoms with Crippen LogP contribution in [0.4, 0.5) is 0 Å². The molecule has 0 aromatic carbocycles. The molecule has 0 aliphatic carbocycles. The summed E-state index contributed by atoms with van der Waals surface area (Å²) in [6, 6.07) is 0. The van der Waals surface area contributed by atoms with Crippen LogP contribution in [-0.2, 0) is 23.3 Å². The first-order valence-corrected chi connectivity index (χ1v) is 8.18. The second kappa shape index (κ2) is 11.0. The van der Waals surface area contributed by atoms with Crippen molar-refractivity contribution in [1.29, 1.82) is 0 Å². The molecule has 0 aromatic heterocycles. The number of phosphoric ester groups is 1. The van der Waals surface area contributed by atoms with E-state index in [1.165, 1.54) is 0 Å². The molecular formula is C8H15Br2O8P. The first-order valence-electron chi connectivity index (χ1n) is 5.06. The highest BCUT2D eigenvalue weighted by atomic mass is 79.9. The molecule has 0 bridgehead atoms. The minimum Gasteiger partial charge on any atom is -0.462 e. The first kappa shape index (κ1) is 19.3. The molecule has 0 aliphatic heterocycles. The van der Waals surface area contributed by atoms with Gasteiger partial charge in [-0.1, -0.05) is 0 Å². The third-order valence-corrected chi connectivity index (χ3v) is 2.48. The van der Waals surface area contributed by atoms with Crippen LogP contribution in [0.1, 0.15) is 0 Å². The van der Waals surface area contributed by atoms with Gasteiger partial charge in [0.2, 0.25) is 0 Å². The number of ether oxygens (including phenoxy) is 3. The van der Waals surface area contributed by atoms with Gasteiger partial charge in [0.15, 0.2) is 0 Å². The van der Waals surface area contributed by atoms with Crippen LogP contribution in [0, 0.1) is 0 Å². The molecule has 0 heterocycles. The largest absolute Gasteiger partial charge is 0.527 e. The molecule has 0 radical (unpaired) electrons. The van der Waals surface area contributed by atoms with Gasteiger partial charge in [-0.2, -0.15) is 0 Å². The van der Waals surface area contributed by atoms with Gasteiger partial charge in [-0.3, -0.25) is 9.79 Å². The molecule has 0 saturated heterocycles. The van der Waals surface area contributed by atoms with Gasteiger partial charge in [0.05, 0.1) is 33.0 Å². The molecule has 0 aromatic rings. The average Bonchev–Trinajstić information content (AvgIpc) is 2.29. The molecule has 0 saturated carbocycles. The predicted molar refractivity (Wildman–Crippen MR) is 72.7 cm³/mol. The van der Waals surface area contributed by atoms with Crippen molar-refractivity contribution >= 4 is 39.7 Å². The van der Waals surface area contributed by atoms with E-state index >= 15 is 0 Å². The predicted octanol–water partition coefficient (Wildman–Crippen LogP) is 1.05. The minimum absolute atomic E-state index is 0.0377. The summed E-state index contributed by atoms with van der Waals surface area (Å²) >= 11 is 5.85. The van der Waals surface area contributed by atoms with Crippen LogP contribution in [0.5, 0.6) is 0 Å². The van der Waals surface area contributed by atoms with Crippen LogP contribution in [0.2, 0.25) is 0 Å². The summed E-state index contributed by atoms with van der Waals surface area (Å²) < 4.78 is 30.1. The van der Waals surface area contributed by atoms with Gasteiger partial charge in [-0.05, 0) is 31.9 Å². The van der Waals surface area contributed by atoms with E-state index in [0.717, 1.165) is 0 Å². The highest BCUT2D eigenvalue weighted by Gasteiger charge is 2.20. The molecule has 0 rings (SSSR count). The fourth-order valence-corrected chi connectivity index (χ4v) is 1.80. The second-order valence-electron chi connectivity index (χ2n) is 2.93. The van der Waals surface area contributed by atoms with Gasteiger partial charge < -0.3 is 23.8 Å². The summed E-state index contributed by atoms with van der Waals surface area (Å²) in [5, 5.41) is 8.44. The quantitative estimate of drug-likeness (QED) is 0.253. The smallest absolute Gasteiger partial charge is 0.462 e. The normalized spacial score (nSPS) is 11.2. The maximum atomic E-state index is 10.6. The number of aliphatic hydroxyl groups is 1. The van der Waals surface area contributed by atoms with Crippen LogP contribution in [0.15, 0.2) is 9.34 Å². The number of rotatable bonds is 11. The fraction of sp³-hybridized carbons (Fsp3) is 0.750. The third kappa shape index (κ3) is 13.1. The van der Waals surface area contributed by atoms with E-state index in [9.17, 15) is 4.57 Å². The molecular weight excluding hydrogens is 415 g/mol. The van der Waals surface area contributed by atoms with E-state index in [1.54, 1.807) is 0 Å². The van der Waals surface area contributed by atoms with Crippen LogP contribution >= 0.6 is 39.7 Å². The van der Waals surface area contributed by atoms with Crippen molar-refractivity contribution in [2.45, 2.75) is 0 Å². The second-order valence-corrected chi connectivity index (χ2v) is 6.74. The lowest BCUT2D eigenvalue weighted by atomic mass is 10.7.